The second-order valence-electron chi connectivity index (χ2n) is 4.34. The molecule has 1 heterocycles. The van der Waals surface area contributed by atoms with Gasteiger partial charge < -0.3 is 25.3 Å². The summed E-state index contributed by atoms with van der Waals surface area (Å²) < 4.78 is 0. The molecule has 1 fully saturated rings. The molecular formula is C10H17N3O5. The van der Waals surface area contributed by atoms with E-state index in [1.54, 1.807) is 0 Å². The number of carbonyl (C=O) groups excluding carboxylic acids is 1. The van der Waals surface area contributed by atoms with E-state index >= 15 is 0 Å². The van der Waals surface area contributed by atoms with Gasteiger partial charge >= 0.3 is 18.0 Å². The van der Waals surface area contributed by atoms with Gasteiger partial charge in [-0.2, -0.15) is 0 Å². The van der Waals surface area contributed by atoms with Gasteiger partial charge in [0.05, 0.1) is 0 Å². The average Bonchev–Trinajstić information content (AvgIpc) is 2.61. The van der Waals surface area contributed by atoms with Crippen LogP contribution in [0.2, 0.25) is 0 Å². The summed E-state index contributed by atoms with van der Waals surface area (Å²) in [5.74, 6) is -2.48. The Morgan fingerprint density at radius 2 is 1.83 bits per heavy atom. The zero-order valence-corrected chi connectivity index (χ0v) is 10.1. The third kappa shape index (κ3) is 4.58. The quantitative estimate of drug-likeness (QED) is 0.576. The van der Waals surface area contributed by atoms with Gasteiger partial charge in [0.2, 0.25) is 0 Å². The molecule has 1 saturated heterocycles. The van der Waals surface area contributed by atoms with Crippen LogP contribution in [0.1, 0.15) is 6.42 Å². The van der Waals surface area contributed by atoms with Crippen LogP contribution >= 0.6 is 0 Å². The van der Waals surface area contributed by atoms with Gasteiger partial charge in [-0.15, -0.1) is 0 Å². The SMILES string of the molecule is CN1CCC(NC(=O)N(CC(=O)O)CC(=O)O)C1. The first kappa shape index (κ1) is 14.2. The first-order valence-corrected chi connectivity index (χ1v) is 5.56. The summed E-state index contributed by atoms with van der Waals surface area (Å²) in [4.78, 5) is 35.7. The summed E-state index contributed by atoms with van der Waals surface area (Å²) in [5, 5.41) is 19.9. The van der Waals surface area contributed by atoms with E-state index in [2.05, 4.69) is 5.32 Å². The number of amides is 2. The third-order valence-corrected chi connectivity index (χ3v) is 2.66. The Morgan fingerprint density at radius 3 is 2.22 bits per heavy atom. The second kappa shape index (κ2) is 6.20. The van der Waals surface area contributed by atoms with Crippen molar-refractivity contribution >= 4 is 18.0 Å². The number of nitrogens with one attached hydrogen (secondary N) is 1. The Balaban J connectivity index is 2.52. The highest BCUT2D eigenvalue weighted by molar-refractivity contribution is 5.84. The van der Waals surface area contributed by atoms with Gasteiger partial charge in [-0.3, -0.25) is 9.59 Å². The fourth-order valence-corrected chi connectivity index (χ4v) is 1.84. The first-order valence-electron chi connectivity index (χ1n) is 5.56. The molecule has 0 aromatic carbocycles. The second-order valence-corrected chi connectivity index (χ2v) is 4.34. The van der Waals surface area contributed by atoms with Crippen molar-refractivity contribution in [3.05, 3.63) is 0 Å². The van der Waals surface area contributed by atoms with Gasteiger partial charge in [-0.1, -0.05) is 0 Å². The van der Waals surface area contributed by atoms with Crippen molar-refractivity contribution in [3.8, 4) is 0 Å². The number of likely N-dealkylation sites (tertiary alicyclic amines) is 1. The minimum absolute atomic E-state index is 0.0624. The number of urea groups is 1. The smallest absolute Gasteiger partial charge is 0.323 e. The van der Waals surface area contributed by atoms with Crippen molar-refractivity contribution in [2.45, 2.75) is 12.5 Å². The van der Waals surface area contributed by atoms with Crippen LogP contribution in [-0.2, 0) is 9.59 Å². The summed E-state index contributed by atoms with van der Waals surface area (Å²) in [6.07, 6.45) is 0.774. The Morgan fingerprint density at radius 1 is 1.28 bits per heavy atom. The van der Waals surface area contributed by atoms with Crippen molar-refractivity contribution in [3.63, 3.8) is 0 Å². The molecule has 8 nitrogen and oxygen atoms in total. The fraction of sp³-hybridized carbons (Fsp3) is 0.700. The van der Waals surface area contributed by atoms with Crippen LogP contribution in [0.4, 0.5) is 4.79 Å². The number of carbonyl (C=O) groups is 3. The molecule has 0 aliphatic carbocycles. The Bertz CT molecular complexity index is 330. The minimum atomic E-state index is -1.24. The topological polar surface area (TPSA) is 110 Å². The summed E-state index contributed by atoms with van der Waals surface area (Å²) in [5.41, 5.74) is 0. The standard InChI is InChI=1S/C10H17N3O5/c1-12-3-2-7(4-12)11-10(18)13(5-8(14)15)6-9(16)17/h7H,2-6H2,1H3,(H,11,18)(H,14,15)(H,16,17). The van der Waals surface area contributed by atoms with Crippen LogP contribution in [0.25, 0.3) is 0 Å². The van der Waals surface area contributed by atoms with Crippen molar-refractivity contribution < 1.29 is 24.6 Å². The first-order chi connectivity index (χ1) is 8.38. The Hall–Kier alpha value is -1.83. The molecule has 1 atom stereocenters. The van der Waals surface area contributed by atoms with Crippen LogP contribution in [0.5, 0.6) is 0 Å². The van der Waals surface area contributed by atoms with Crippen molar-refractivity contribution in [2.24, 2.45) is 0 Å². The zero-order chi connectivity index (χ0) is 13.7. The monoisotopic (exact) mass is 259 g/mol. The molecule has 0 aromatic rings. The molecule has 1 aliphatic rings. The summed E-state index contributed by atoms with van der Waals surface area (Å²) in [6, 6.07) is -0.715. The Kier molecular flexibility index (Phi) is 4.90. The highest BCUT2D eigenvalue weighted by Crippen LogP contribution is 2.06. The molecule has 102 valence electrons. The normalized spacial score (nSPS) is 19.5. The molecule has 3 N–H and O–H groups in total. The van der Waals surface area contributed by atoms with Gasteiger partial charge in [-0.25, -0.2) is 4.79 Å². The maximum Gasteiger partial charge on any atom is 0.323 e. The number of likely N-dealkylation sites (N-methyl/N-ethyl adjacent to an activating group) is 1. The largest absolute Gasteiger partial charge is 0.480 e. The summed E-state index contributed by atoms with van der Waals surface area (Å²) in [6.45, 7) is 0.282. The highest BCUT2D eigenvalue weighted by Gasteiger charge is 2.25. The molecule has 2 amide bonds. The van der Waals surface area contributed by atoms with E-state index in [0.717, 1.165) is 17.9 Å². The van der Waals surface area contributed by atoms with Crippen LogP contribution < -0.4 is 5.32 Å². The molecule has 1 unspecified atom stereocenters. The zero-order valence-electron chi connectivity index (χ0n) is 10.1. The molecule has 8 heteroatoms. The van der Waals surface area contributed by atoms with Gasteiger partial charge in [0, 0.05) is 12.6 Å². The maximum atomic E-state index is 11.7. The molecule has 0 saturated carbocycles. The lowest BCUT2D eigenvalue weighted by Crippen LogP contribution is -2.49. The molecule has 18 heavy (non-hydrogen) atoms. The molecule has 0 radical (unpaired) electrons. The lowest BCUT2D eigenvalue weighted by molar-refractivity contribution is -0.140. The van der Waals surface area contributed by atoms with Gasteiger partial charge in [-0.05, 0) is 20.0 Å². The predicted octanol–water partition coefficient (Wildman–Crippen LogP) is -1.13. The van der Waals surface area contributed by atoms with Crippen LogP contribution in [-0.4, -0.2) is 77.3 Å². The van der Waals surface area contributed by atoms with Crippen molar-refractivity contribution in [2.75, 3.05) is 33.2 Å². The Labute approximate surface area is 104 Å². The van der Waals surface area contributed by atoms with E-state index in [4.69, 9.17) is 10.2 Å². The van der Waals surface area contributed by atoms with Crippen molar-refractivity contribution in [1.82, 2.24) is 15.1 Å². The number of aliphatic carboxylic acids is 2. The van der Waals surface area contributed by atoms with Crippen molar-refractivity contribution in [1.29, 1.82) is 0 Å². The number of hydrogen-bond acceptors (Lipinski definition) is 4. The number of carboxylic acid groups (broad SMARTS) is 2. The van der Waals surface area contributed by atoms with E-state index < -0.39 is 31.1 Å². The molecule has 1 aliphatic heterocycles. The molecule has 0 spiro atoms. The van der Waals surface area contributed by atoms with E-state index in [1.165, 1.54) is 0 Å². The lowest BCUT2D eigenvalue weighted by Gasteiger charge is -2.21. The average molecular weight is 259 g/mol. The number of nitrogens with zero attached hydrogens (tertiary/aromatic N) is 2. The number of hydrogen-bond donors (Lipinski definition) is 3. The predicted molar refractivity (Wildman–Crippen MR) is 61.3 cm³/mol. The summed E-state index contributed by atoms with van der Waals surface area (Å²) in [7, 11) is 1.92. The molecule has 0 bridgehead atoms. The number of rotatable bonds is 5. The van der Waals surface area contributed by atoms with Crippen LogP contribution in [0.15, 0.2) is 0 Å². The van der Waals surface area contributed by atoms with E-state index in [0.29, 0.717) is 6.54 Å². The molecular weight excluding hydrogens is 242 g/mol. The minimum Gasteiger partial charge on any atom is -0.480 e. The summed E-state index contributed by atoms with van der Waals surface area (Å²) >= 11 is 0. The van der Waals surface area contributed by atoms with E-state index in [9.17, 15) is 14.4 Å². The molecule has 1 rings (SSSR count). The van der Waals surface area contributed by atoms with Gasteiger partial charge in [0.15, 0.2) is 0 Å². The maximum absolute atomic E-state index is 11.7. The third-order valence-electron chi connectivity index (χ3n) is 2.66. The van der Waals surface area contributed by atoms with Crippen LogP contribution in [0, 0.1) is 0 Å². The van der Waals surface area contributed by atoms with Gasteiger partial charge in [0.1, 0.15) is 13.1 Å². The van der Waals surface area contributed by atoms with Gasteiger partial charge in [0.25, 0.3) is 0 Å². The van der Waals surface area contributed by atoms with E-state index in [-0.39, 0.29) is 6.04 Å². The molecule has 0 aromatic heterocycles. The van der Waals surface area contributed by atoms with E-state index in [1.807, 2.05) is 11.9 Å². The fourth-order valence-electron chi connectivity index (χ4n) is 1.84. The lowest BCUT2D eigenvalue weighted by atomic mass is 10.3. The van der Waals surface area contributed by atoms with Crippen LogP contribution in [0.3, 0.4) is 0 Å². The number of carboxylic acids is 2. The highest BCUT2D eigenvalue weighted by atomic mass is 16.4.